The van der Waals surface area contributed by atoms with Crippen LogP contribution in [0.2, 0.25) is 0 Å². The molecular formula is C16H25NO2. The Bertz CT molecular complexity index is 375. The maximum absolute atomic E-state index is 5.77. The van der Waals surface area contributed by atoms with Crippen LogP contribution < -0.4 is 10.1 Å². The van der Waals surface area contributed by atoms with Crippen molar-refractivity contribution < 1.29 is 9.47 Å². The summed E-state index contributed by atoms with van der Waals surface area (Å²) < 4.78 is 10.7. The van der Waals surface area contributed by atoms with Crippen LogP contribution in [0.1, 0.15) is 25.8 Å². The molecule has 3 heteroatoms. The topological polar surface area (TPSA) is 30.5 Å². The minimum atomic E-state index is 0.199. The van der Waals surface area contributed by atoms with Crippen molar-refractivity contribution in [3.8, 4) is 5.75 Å². The Morgan fingerprint density at radius 3 is 2.74 bits per heavy atom. The van der Waals surface area contributed by atoms with Crippen LogP contribution in [0.4, 0.5) is 0 Å². The molecule has 19 heavy (non-hydrogen) atoms. The Morgan fingerprint density at radius 1 is 1.21 bits per heavy atom. The fourth-order valence-electron chi connectivity index (χ4n) is 1.67. The average Bonchev–Trinajstić information content (AvgIpc) is 2.39. The first-order chi connectivity index (χ1) is 9.24. The number of hydrogen-bond donors (Lipinski definition) is 1. The van der Waals surface area contributed by atoms with Crippen LogP contribution >= 0.6 is 0 Å². The number of hydrogen-bond acceptors (Lipinski definition) is 3. The smallest absolute Gasteiger partial charge is 0.126 e. The van der Waals surface area contributed by atoms with Gasteiger partial charge in [-0.3, -0.25) is 0 Å². The van der Waals surface area contributed by atoms with Crippen molar-refractivity contribution in [2.45, 2.75) is 26.4 Å². The molecular weight excluding hydrogens is 238 g/mol. The van der Waals surface area contributed by atoms with Crippen molar-refractivity contribution in [3.05, 3.63) is 35.9 Å². The molecule has 1 aromatic carbocycles. The predicted octanol–water partition coefficient (Wildman–Crippen LogP) is 3.11. The van der Waals surface area contributed by atoms with Gasteiger partial charge in [0.25, 0.3) is 0 Å². The summed E-state index contributed by atoms with van der Waals surface area (Å²) in [6, 6.07) is 8.12. The highest BCUT2D eigenvalue weighted by atomic mass is 16.5. The second-order valence-corrected chi connectivity index (χ2v) is 4.64. The third-order valence-electron chi connectivity index (χ3n) is 2.55. The Balaban J connectivity index is 2.38. The highest BCUT2D eigenvalue weighted by molar-refractivity contribution is 5.57. The standard InChI is InChI=1S/C16H25NO2/c1-14(2)19-16-10-5-4-8-15(16)9-6-7-11-17-12-13-18-3/h4-6,8-10,14,17H,7,11-13H2,1-3H3. The van der Waals surface area contributed by atoms with E-state index < -0.39 is 0 Å². The van der Waals surface area contributed by atoms with E-state index in [9.17, 15) is 0 Å². The zero-order valence-electron chi connectivity index (χ0n) is 12.2. The molecule has 3 nitrogen and oxygen atoms in total. The second-order valence-electron chi connectivity index (χ2n) is 4.64. The SMILES string of the molecule is COCCNCCC=Cc1ccccc1OC(C)C. The van der Waals surface area contributed by atoms with Gasteiger partial charge in [0.05, 0.1) is 12.7 Å². The normalized spacial score (nSPS) is 11.4. The van der Waals surface area contributed by atoms with Crippen LogP contribution in [0.5, 0.6) is 5.75 Å². The van der Waals surface area contributed by atoms with Crippen LogP contribution in [-0.4, -0.2) is 32.9 Å². The summed E-state index contributed by atoms with van der Waals surface area (Å²) in [6.07, 6.45) is 5.49. The van der Waals surface area contributed by atoms with Crippen LogP contribution in [0.15, 0.2) is 30.3 Å². The highest BCUT2D eigenvalue weighted by Crippen LogP contribution is 2.20. The molecule has 1 N–H and O–H groups in total. The Labute approximate surface area is 116 Å². The second kappa shape index (κ2) is 9.59. The molecule has 0 bridgehead atoms. The van der Waals surface area contributed by atoms with E-state index in [1.165, 1.54) is 0 Å². The number of rotatable bonds is 9. The van der Waals surface area contributed by atoms with Gasteiger partial charge >= 0.3 is 0 Å². The van der Waals surface area contributed by atoms with Crippen molar-refractivity contribution in [3.63, 3.8) is 0 Å². The highest BCUT2D eigenvalue weighted by Gasteiger charge is 2.01. The maximum Gasteiger partial charge on any atom is 0.126 e. The molecule has 0 heterocycles. The summed E-state index contributed by atoms with van der Waals surface area (Å²) in [5.41, 5.74) is 1.13. The minimum absolute atomic E-state index is 0.199. The lowest BCUT2D eigenvalue weighted by Crippen LogP contribution is -2.19. The molecule has 0 unspecified atom stereocenters. The van der Waals surface area contributed by atoms with Crippen LogP contribution in [0.25, 0.3) is 6.08 Å². The first-order valence-electron chi connectivity index (χ1n) is 6.86. The Kier molecular flexibility index (Phi) is 7.94. The number of methoxy groups -OCH3 is 1. The van der Waals surface area contributed by atoms with Crippen molar-refractivity contribution in [1.82, 2.24) is 5.32 Å². The Morgan fingerprint density at radius 2 is 2.00 bits per heavy atom. The van der Waals surface area contributed by atoms with Gasteiger partial charge in [-0.2, -0.15) is 0 Å². The summed E-state index contributed by atoms with van der Waals surface area (Å²) in [7, 11) is 1.72. The molecule has 0 aliphatic carbocycles. The van der Waals surface area contributed by atoms with Gasteiger partial charge in [-0.05, 0) is 32.9 Å². The molecule has 1 rings (SSSR count). The van der Waals surface area contributed by atoms with Gasteiger partial charge in [-0.25, -0.2) is 0 Å². The van der Waals surface area contributed by atoms with Gasteiger partial charge < -0.3 is 14.8 Å². The quantitative estimate of drug-likeness (QED) is 0.694. The largest absolute Gasteiger partial charge is 0.490 e. The van der Waals surface area contributed by atoms with Crippen molar-refractivity contribution in [1.29, 1.82) is 0 Å². The molecule has 0 aromatic heterocycles. The van der Waals surface area contributed by atoms with E-state index in [0.717, 1.165) is 37.4 Å². The molecule has 0 spiro atoms. The lowest BCUT2D eigenvalue weighted by molar-refractivity contribution is 0.199. The molecule has 0 fully saturated rings. The monoisotopic (exact) mass is 263 g/mol. The van der Waals surface area contributed by atoms with E-state index in [1.807, 2.05) is 32.0 Å². The summed E-state index contributed by atoms with van der Waals surface area (Å²) in [6.45, 7) is 6.71. The zero-order valence-corrected chi connectivity index (χ0v) is 12.2. The van der Waals surface area contributed by atoms with Gasteiger partial charge in [-0.1, -0.05) is 30.4 Å². The van der Waals surface area contributed by atoms with E-state index >= 15 is 0 Å². The van der Waals surface area contributed by atoms with Crippen molar-refractivity contribution >= 4 is 6.08 Å². The lowest BCUT2D eigenvalue weighted by Gasteiger charge is -2.12. The number of para-hydroxylation sites is 1. The molecule has 0 saturated heterocycles. The van der Waals surface area contributed by atoms with E-state index in [2.05, 4.69) is 23.5 Å². The molecule has 0 saturated carbocycles. The summed E-state index contributed by atoms with van der Waals surface area (Å²) in [5, 5.41) is 3.31. The molecule has 1 aromatic rings. The van der Waals surface area contributed by atoms with E-state index in [1.54, 1.807) is 7.11 Å². The van der Waals surface area contributed by atoms with Crippen LogP contribution in [0.3, 0.4) is 0 Å². The fourth-order valence-corrected chi connectivity index (χ4v) is 1.67. The molecule has 0 amide bonds. The zero-order chi connectivity index (χ0) is 13.9. The lowest BCUT2D eigenvalue weighted by atomic mass is 10.1. The van der Waals surface area contributed by atoms with Crippen molar-refractivity contribution in [2.75, 3.05) is 26.8 Å². The first-order valence-corrected chi connectivity index (χ1v) is 6.86. The van der Waals surface area contributed by atoms with Gasteiger partial charge in [0.15, 0.2) is 0 Å². The molecule has 0 atom stereocenters. The minimum Gasteiger partial charge on any atom is -0.490 e. The van der Waals surface area contributed by atoms with E-state index in [4.69, 9.17) is 9.47 Å². The van der Waals surface area contributed by atoms with Gasteiger partial charge in [0, 0.05) is 19.2 Å². The molecule has 0 radical (unpaired) electrons. The number of nitrogens with one attached hydrogen (secondary N) is 1. The summed E-state index contributed by atoms with van der Waals surface area (Å²) in [4.78, 5) is 0. The van der Waals surface area contributed by atoms with Crippen LogP contribution in [-0.2, 0) is 4.74 Å². The van der Waals surface area contributed by atoms with E-state index in [-0.39, 0.29) is 6.10 Å². The maximum atomic E-state index is 5.77. The molecule has 0 aliphatic heterocycles. The van der Waals surface area contributed by atoms with Crippen molar-refractivity contribution in [2.24, 2.45) is 0 Å². The third kappa shape index (κ3) is 6.99. The van der Waals surface area contributed by atoms with Crippen LogP contribution in [0, 0.1) is 0 Å². The van der Waals surface area contributed by atoms with E-state index in [0.29, 0.717) is 0 Å². The third-order valence-corrected chi connectivity index (χ3v) is 2.55. The molecule has 0 aliphatic rings. The number of benzene rings is 1. The first kappa shape index (κ1) is 15.7. The van der Waals surface area contributed by atoms with Gasteiger partial charge in [0.2, 0.25) is 0 Å². The average molecular weight is 263 g/mol. The fraction of sp³-hybridized carbons (Fsp3) is 0.500. The summed E-state index contributed by atoms with van der Waals surface area (Å²) in [5.74, 6) is 0.945. The van der Waals surface area contributed by atoms with Gasteiger partial charge in [0.1, 0.15) is 5.75 Å². The predicted molar refractivity (Wildman–Crippen MR) is 80.6 cm³/mol. The molecule has 106 valence electrons. The number of ether oxygens (including phenoxy) is 2. The summed E-state index contributed by atoms with van der Waals surface area (Å²) >= 11 is 0. The Hall–Kier alpha value is -1.32. The van der Waals surface area contributed by atoms with Gasteiger partial charge in [-0.15, -0.1) is 0 Å².